The molecule has 1 fully saturated rings. The van der Waals surface area contributed by atoms with Crippen molar-refractivity contribution in [1.29, 1.82) is 5.26 Å². The Kier molecular flexibility index (Phi) is 3.72. The van der Waals surface area contributed by atoms with E-state index in [-0.39, 0.29) is 5.82 Å². The van der Waals surface area contributed by atoms with Gasteiger partial charge >= 0.3 is 0 Å². The lowest BCUT2D eigenvalue weighted by atomic mass is 10.1. The van der Waals surface area contributed by atoms with Crippen LogP contribution in [-0.2, 0) is 6.54 Å². The van der Waals surface area contributed by atoms with E-state index in [2.05, 4.69) is 17.1 Å². The molecule has 1 saturated heterocycles. The quantitative estimate of drug-likeness (QED) is 0.841. The van der Waals surface area contributed by atoms with Gasteiger partial charge in [-0.2, -0.15) is 5.26 Å². The van der Waals surface area contributed by atoms with Crippen LogP contribution < -0.4 is 5.32 Å². The maximum absolute atomic E-state index is 13.7. The first-order chi connectivity index (χ1) is 8.20. The maximum Gasteiger partial charge on any atom is 0.129 e. The molecule has 0 bridgehead atoms. The minimum atomic E-state index is -0.283. The zero-order valence-corrected chi connectivity index (χ0v) is 9.91. The van der Waals surface area contributed by atoms with Gasteiger partial charge in [0.25, 0.3) is 0 Å². The Balaban J connectivity index is 2.10. The van der Waals surface area contributed by atoms with Crippen LogP contribution in [0.3, 0.4) is 0 Å². The molecule has 0 amide bonds. The van der Waals surface area contributed by atoms with Crippen molar-refractivity contribution in [2.45, 2.75) is 19.5 Å². The molecule has 0 aliphatic carbocycles. The second kappa shape index (κ2) is 5.26. The predicted octanol–water partition coefficient (Wildman–Crippen LogP) is 1.49. The van der Waals surface area contributed by atoms with Gasteiger partial charge in [-0.3, -0.25) is 4.90 Å². The molecule has 0 aromatic heterocycles. The van der Waals surface area contributed by atoms with Gasteiger partial charge in [0.1, 0.15) is 5.82 Å². The van der Waals surface area contributed by atoms with Crippen molar-refractivity contribution in [2.24, 2.45) is 0 Å². The topological polar surface area (TPSA) is 39.1 Å². The molecule has 1 aromatic rings. The van der Waals surface area contributed by atoms with Gasteiger partial charge < -0.3 is 5.32 Å². The maximum atomic E-state index is 13.7. The van der Waals surface area contributed by atoms with E-state index in [0.29, 0.717) is 23.7 Å². The Labute approximate surface area is 101 Å². The summed E-state index contributed by atoms with van der Waals surface area (Å²) in [5.74, 6) is -0.283. The van der Waals surface area contributed by atoms with E-state index < -0.39 is 0 Å². The van der Waals surface area contributed by atoms with Crippen LogP contribution in [0.2, 0.25) is 0 Å². The normalized spacial score (nSPS) is 21.1. The number of hydrogen-bond donors (Lipinski definition) is 1. The predicted molar refractivity (Wildman–Crippen MR) is 63.9 cm³/mol. The largest absolute Gasteiger partial charge is 0.314 e. The summed E-state index contributed by atoms with van der Waals surface area (Å²) in [7, 11) is 0. The number of hydrogen-bond acceptors (Lipinski definition) is 3. The molecule has 1 N–H and O–H groups in total. The van der Waals surface area contributed by atoms with E-state index in [4.69, 9.17) is 5.26 Å². The second-order valence-corrected chi connectivity index (χ2v) is 4.44. The van der Waals surface area contributed by atoms with Crippen molar-refractivity contribution in [3.05, 3.63) is 35.1 Å². The lowest BCUT2D eigenvalue weighted by Gasteiger charge is -2.33. The number of nitriles is 1. The lowest BCUT2D eigenvalue weighted by Crippen LogP contribution is -2.49. The van der Waals surface area contributed by atoms with Gasteiger partial charge in [-0.05, 0) is 19.1 Å². The molecule has 1 unspecified atom stereocenters. The van der Waals surface area contributed by atoms with Gasteiger partial charge in [-0.25, -0.2) is 4.39 Å². The Hall–Kier alpha value is -1.44. The molecule has 3 nitrogen and oxygen atoms in total. The highest BCUT2D eigenvalue weighted by atomic mass is 19.1. The van der Waals surface area contributed by atoms with Crippen molar-refractivity contribution in [3.63, 3.8) is 0 Å². The van der Waals surface area contributed by atoms with Gasteiger partial charge in [0, 0.05) is 37.8 Å². The molecule has 1 heterocycles. The third-order valence-corrected chi connectivity index (χ3v) is 3.19. The van der Waals surface area contributed by atoms with Crippen molar-refractivity contribution < 1.29 is 4.39 Å². The van der Waals surface area contributed by atoms with E-state index in [9.17, 15) is 4.39 Å². The van der Waals surface area contributed by atoms with Crippen molar-refractivity contribution in [1.82, 2.24) is 10.2 Å². The lowest BCUT2D eigenvalue weighted by molar-refractivity contribution is 0.164. The number of rotatable bonds is 2. The third-order valence-electron chi connectivity index (χ3n) is 3.19. The number of nitrogens with one attached hydrogen (secondary N) is 1. The van der Waals surface area contributed by atoms with Crippen LogP contribution in [0.15, 0.2) is 18.2 Å². The van der Waals surface area contributed by atoms with Gasteiger partial charge in [0.15, 0.2) is 0 Å². The molecule has 17 heavy (non-hydrogen) atoms. The average molecular weight is 233 g/mol. The Morgan fingerprint density at radius 2 is 2.41 bits per heavy atom. The minimum absolute atomic E-state index is 0.283. The van der Waals surface area contributed by atoms with Crippen molar-refractivity contribution >= 4 is 0 Å². The molecule has 1 aliphatic rings. The van der Waals surface area contributed by atoms with E-state index in [1.54, 1.807) is 12.1 Å². The zero-order valence-electron chi connectivity index (χ0n) is 9.91. The first-order valence-electron chi connectivity index (χ1n) is 5.84. The molecule has 4 heteroatoms. The molecular formula is C13H16FN3. The Bertz CT molecular complexity index is 439. The molecule has 1 aromatic carbocycles. The number of benzene rings is 1. The summed E-state index contributed by atoms with van der Waals surface area (Å²) in [5, 5.41) is 12.0. The molecule has 0 radical (unpaired) electrons. The molecule has 90 valence electrons. The highest BCUT2D eigenvalue weighted by molar-refractivity contribution is 5.32. The van der Waals surface area contributed by atoms with Gasteiger partial charge in [0.05, 0.1) is 11.6 Å². The number of halogens is 1. The van der Waals surface area contributed by atoms with E-state index >= 15 is 0 Å². The molecule has 0 saturated carbocycles. The summed E-state index contributed by atoms with van der Waals surface area (Å²) in [4.78, 5) is 2.25. The van der Waals surface area contributed by atoms with Crippen LogP contribution in [0.25, 0.3) is 0 Å². The monoisotopic (exact) mass is 233 g/mol. The zero-order chi connectivity index (χ0) is 12.3. The second-order valence-electron chi connectivity index (χ2n) is 4.44. The molecule has 1 aliphatic heterocycles. The SMILES string of the molecule is CC1CNCCN1Cc1ccc(C#N)cc1F. The van der Waals surface area contributed by atoms with Crippen molar-refractivity contribution in [2.75, 3.05) is 19.6 Å². The third kappa shape index (κ3) is 2.82. The van der Waals surface area contributed by atoms with Gasteiger partial charge in [0.2, 0.25) is 0 Å². The van der Waals surface area contributed by atoms with Crippen LogP contribution in [0.4, 0.5) is 4.39 Å². The van der Waals surface area contributed by atoms with E-state index in [0.717, 1.165) is 19.6 Å². The number of piperazine rings is 1. The summed E-state index contributed by atoms with van der Waals surface area (Å²) in [5.41, 5.74) is 1.04. The summed E-state index contributed by atoms with van der Waals surface area (Å²) in [6.45, 7) is 5.56. The fraction of sp³-hybridized carbons (Fsp3) is 0.462. The Morgan fingerprint density at radius 1 is 1.59 bits per heavy atom. The van der Waals surface area contributed by atoms with Crippen LogP contribution in [0, 0.1) is 17.1 Å². The highest BCUT2D eigenvalue weighted by Crippen LogP contribution is 2.15. The van der Waals surface area contributed by atoms with Crippen LogP contribution in [0.5, 0.6) is 0 Å². The van der Waals surface area contributed by atoms with E-state index in [1.807, 2.05) is 6.07 Å². The van der Waals surface area contributed by atoms with Crippen LogP contribution in [-0.4, -0.2) is 30.6 Å². The molecule has 0 spiro atoms. The van der Waals surface area contributed by atoms with Crippen LogP contribution in [0.1, 0.15) is 18.1 Å². The fourth-order valence-corrected chi connectivity index (χ4v) is 2.08. The first kappa shape index (κ1) is 12.0. The smallest absolute Gasteiger partial charge is 0.129 e. The highest BCUT2D eigenvalue weighted by Gasteiger charge is 2.19. The number of nitrogens with zero attached hydrogens (tertiary/aromatic N) is 2. The standard InChI is InChI=1S/C13H16FN3/c1-10-8-16-4-5-17(10)9-12-3-2-11(7-15)6-13(12)14/h2-3,6,10,16H,4-5,8-9H2,1H3. The molecular weight excluding hydrogens is 217 g/mol. The summed E-state index contributed by atoms with van der Waals surface area (Å²) in [6, 6.07) is 7.05. The van der Waals surface area contributed by atoms with E-state index in [1.165, 1.54) is 6.07 Å². The summed E-state index contributed by atoms with van der Waals surface area (Å²) < 4.78 is 13.7. The fourth-order valence-electron chi connectivity index (χ4n) is 2.08. The minimum Gasteiger partial charge on any atom is -0.314 e. The van der Waals surface area contributed by atoms with Gasteiger partial charge in [-0.1, -0.05) is 6.07 Å². The van der Waals surface area contributed by atoms with Crippen molar-refractivity contribution in [3.8, 4) is 6.07 Å². The summed E-state index contributed by atoms with van der Waals surface area (Å²) in [6.07, 6.45) is 0. The Morgan fingerprint density at radius 3 is 3.06 bits per heavy atom. The van der Waals surface area contributed by atoms with Gasteiger partial charge in [-0.15, -0.1) is 0 Å². The summed E-state index contributed by atoms with van der Waals surface area (Å²) >= 11 is 0. The molecule has 1 atom stereocenters. The molecule has 2 rings (SSSR count). The average Bonchev–Trinajstić information content (AvgIpc) is 2.34. The first-order valence-corrected chi connectivity index (χ1v) is 5.84. The van der Waals surface area contributed by atoms with Crippen LogP contribution >= 0.6 is 0 Å².